The van der Waals surface area contributed by atoms with Crippen molar-refractivity contribution in [2.24, 2.45) is 0 Å². The SMILES string of the molecule is O=C1Nc2cc(OCCI)ccc2Oc2ccc(-c3ccnc(N4CCOCC4)c3)cc21. The van der Waals surface area contributed by atoms with Crippen molar-refractivity contribution >= 4 is 40.0 Å². The number of anilines is 2. The topological polar surface area (TPSA) is 72.9 Å². The summed E-state index contributed by atoms with van der Waals surface area (Å²) in [5, 5.41) is 2.96. The largest absolute Gasteiger partial charge is 0.493 e. The van der Waals surface area contributed by atoms with Crippen molar-refractivity contribution in [1.29, 1.82) is 0 Å². The summed E-state index contributed by atoms with van der Waals surface area (Å²) in [7, 11) is 0. The molecule has 32 heavy (non-hydrogen) atoms. The first-order valence-electron chi connectivity index (χ1n) is 10.5. The summed E-state index contributed by atoms with van der Waals surface area (Å²) in [6.07, 6.45) is 1.80. The van der Waals surface area contributed by atoms with Crippen molar-refractivity contribution in [1.82, 2.24) is 4.98 Å². The molecule has 0 atom stereocenters. The van der Waals surface area contributed by atoms with Crippen LogP contribution in [0, 0.1) is 0 Å². The van der Waals surface area contributed by atoms with Crippen molar-refractivity contribution in [3.8, 4) is 28.4 Å². The van der Waals surface area contributed by atoms with Crippen LogP contribution in [0.2, 0.25) is 0 Å². The Morgan fingerprint density at radius 1 is 1.03 bits per heavy atom. The van der Waals surface area contributed by atoms with Crippen LogP contribution in [0.3, 0.4) is 0 Å². The molecule has 1 fully saturated rings. The van der Waals surface area contributed by atoms with Gasteiger partial charge in [0, 0.05) is 29.8 Å². The number of aromatic nitrogens is 1. The first-order chi connectivity index (χ1) is 15.7. The number of benzene rings is 2. The third-order valence-electron chi connectivity index (χ3n) is 5.40. The third-order valence-corrected chi connectivity index (χ3v) is 5.84. The highest BCUT2D eigenvalue weighted by atomic mass is 127. The molecule has 5 rings (SSSR count). The van der Waals surface area contributed by atoms with E-state index in [1.807, 2.05) is 42.5 Å². The minimum absolute atomic E-state index is 0.214. The van der Waals surface area contributed by atoms with E-state index in [-0.39, 0.29) is 5.91 Å². The molecule has 2 aliphatic heterocycles. The fourth-order valence-corrected chi connectivity index (χ4v) is 4.01. The Hall–Kier alpha value is -2.85. The van der Waals surface area contributed by atoms with Gasteiger partial charge in [-0.3, -0.25) is 4.79 Å². The van der Waals surface area contributed by atoms with Gasteiger partial charge in [-0.15, -0.1) is 0 Å². The minimum Gasteiger partial charge on any atom is -0.493 e. The van der Waals surface area contributed by atoms with Gasteiger partial charge < -0.3 is 24.4 Å². The van der Waals surface area contributed by atoms with Crippen molar-refractivity contribution in [2.45, 2.75) is 0 Å². The van der Waals surface area contributed by atoms with Crippen molar-refractivity contribution < 1.29 is 19.0 Å². The average Bonchev–Trinajstić information content (AvgIpc) is 2.98. The maximum atomic E-state index is 13.0. The van der Waals surface area contributed by atoms with Crippen LogP contribution >= 0.6 is 22.6 Å². The second-order valence-corrected chi connectivity index (χ2v) is 8.54. The standard InChI is InChI=1S/C24H22IN3O4/c25-6-10-31-18-2-4-22-20(15-18)27-24(29)19-13-16(1-3-21(19)32-22)17-5-7-26-23(14-17)28-8-11-30-12-9-28/h1-5,7,13-15H,6,8-12H2,(H,27,29). The van der Waals surface area contributed by atoms with Crippen LogP contribution in [0.4, 0.5) is 11.5 Å². The van der Waals surface area contributed by atoms with Crippen LogP contribution < -0.4 is 19.7 Å². The number of halogens is 1. The normalized spacial score (nSPS) is 15.2. The third kappa shape index (κ3) is 4.37. The molecule has 7 nitrogen and oxygen atoms in total. The van der Waals surface area contributed by atoms with E-state index in [1.54, 1.807) is 12.3 Å². The van der Waals surface area contributed by atoms with E-state index in [2.05, 4.69) is 37.8 Å². The van der Waals surface area contributed by atoms with Crippen LogP contribution in [-0.4, -0.2) is 48.2 Å². The zero-order valence-corrected chi connectivity index (χ0v) is 19.5. The number of ether oxygens (including phenoxy) is 3. The molecule has 0 bridgehead atoms. The molecular formula is C24H22IN3O4. The number of hydrogen-bond donors (Lipinski definition) is 1. The Bertz CT molecular complexity index is 1150. The molecule has 0 saturated carbocycles. The zero-order chi connectivity index (χ0) is 21.9. The fraction of sp³-hybridized carbons (Fsp3) is 0.250. The maximum Gasteiger partial charge on any atom is 0.259 e. The molecule has 2 aromatic carbocycles. The van der Waals surface area contributed by atoms with Gasteiger partial charge in [0.2, 0.25) is 0 Å². The monoisotopic (exact) mass is 543 g/mol. The summed E-state index contributed by atoms with van der Waals surface area (Å²) >= 11 is 2.26. The van der Waals surface area contributed by atoms with E-state index in [9.17, 15) is 4.79 Å². The van der Waals surface area contributed by atoms with Gasteiger partial charge in [-0.05, 0) is 47.5 Å². The molecule has 3 heterocycles. The number of amides is 1. The molecule has 164 valence electrons. The number of nitrogens with zero attached hydrogens (tertiary/aromatic N) is 2. The lowest BCUT2D eigenvalue weighted by atomic mass is 10.0. The molecule has 0 radical (unpaired) electrons. The summed E-state index contributed by atoms with van der Waals surface area (Å²) in [4.78, 5) is 19.7. The lowest BCUT2D eigenvalue weighted by Gasteiger charge is -2.28. The number of nitrogens with one attached hydrogen (secondary N) is 1. The van der Waals surface area contributed by atoms with Gasteiger partial charge in [-0.1, -0.05) is 28.7 Å². The summed E-state index contributed by atoms with van der Waals surface area (Å²) in [5.41, 5.74) is 3.00. The number of morpholine rings is 1. The molecule has 3 aromatic rings. The predicted octanol–water partition coefficient (Wildman–Crippen LogP) is 4.76. The number of rotatable bonds is 5. The molecule has 1 saturated heterocycles. The van der Waals surface area contributed by atoms with E-state index < -0.39 is 0 Å². The molecule has 1 amide bonds. The van der Waals surface area contributed by atoms with Gasteiger partial charge in [0.25, 0.3) is 5.91 Å². The maximum absolute atomic E-state index is 13.0. The van der Waals surface area contributed by atoms with Crippen LogP contribution in [0.1, 0.15) is 10.4 Å². The highest BCUT2D eigenvalue weighted by molar-refractivity contribution is 14.1. The van der Waals surface area contributed by atoms with Crippen molar-refractivity contribution in [2.75, 3.05) is 47.6 Å². The molecule has 1 aromatic heterocycles. The molecule has 0 spiro atoms. The van der Waals surface area contributed by atoms with E-state index in [4.69, 9.17) is 14.2 Å². The quantitative estimate of drug-likeness (QED) is 0.370. The zero-order valence-electron chi connectivity index (χ0n) is 17.3. The Balaban J connectivity index is 1.43. The van der Waals surface area contributed by atoms with Crippen LogP contribution in [0.25, 0.3) is 11.1 Å². The minimum atomic E-state index is -0.214. The van der Waals surface area contributed by atoms with Gasteiger partial charge in [-0.25, -0.2) is 4.98 Å². The molecule has 2 aliphatic rings. The Kier molecular flexibility index (Phi) is 6.13. The molecule has 1 N–H and O–H groups in total. The van der Waals surface area contributed by atoms with E-state index >= 15 is 0 Å². The van der Waals surface area contributed by atoms with Crippen molar-refractivity contribution in [3.05, 3.63) is 60.3 Å². The Labute approximate surface area is 199 Å². The molecule has 0 aliphatic carbocycles. The van der Waals surface area contributed by atoms with Gasteiger partial charge in [0.05, 0.1) is 31.1 Å². The Morgan fingerprint density at radius 3 is 2.69 bits per heavy atom. The number of carbonyl (C=O) groups is 1. The van der Waals surface area contributed by atoms with Gasteiger partial charge in [0.15, 0.2) is 5.75 Å². The van der Waals surface area contributed by atoms with Crippen LogP contribution in [-0.2, 0) is 4.74 Å². The van der Waals surface area contributed by atoms with E-state index in [0.29, 0.717) is 48.3 Å². The first kappa shape index (κ1) is 21.0. The Morgan fingerprint density at radius 2 is 1.84 bits per heavy atom. The average molecular weight is 543 g/mol. The number of alkyl halides is 1. The lowest BCUT2D eigenvalue weighted by molar-refractivity contribution is 0.102. The predicted molar refractivity (Wildman–Crippen MR) is 132 cm³/mol. The second-order valence-electron chi connectivity index (χ2n) is 7.46. The lowest BCUT2D eigenvalue weighted by Crippen LogP contribution is -2.36. The molecule has 0 unspecified atom stereocenters. The van der Waals surface area contributed by atoms with E-state index in [1.165, 1.54) is 0 Å². The van der Waals surface area contributed by atoms with Gasteiger partial charge >= 0.3 is 0 Å². The smallest absolute Gasteiger partial charge is 0.259 e. The van der Waals surface area contributed by atoms with Gasteiger partial charge in [-0.2, -0.15) is 0 Å². The number of fused-ring (bicyclic) bond motifs is 2. The number of carbonyl (C=O) groups excluding carboxylic acids is 1. The van der Waals surface area contributed by atoms with Crippen molar-refractivity contribution in [3.63, 3.8) is 0 Å². The summed E-state index contributed by atoms with van der Waals surface area (Å²) in [6.45, 7) is 3.65. The summed E-state index contributed by atoms with van der Waals surface area (Å²) in [5.74, 6) is 2.50. The van der Waals surface area contributed by atoms with Crippen LogP contribution in [0.15, 0.2) is 54.7 Å². The molecule has 8 heteroatoms. The van der Waals surface area contributed by atoms with E-state index in [0.717, 1.165) is 34.5 Å². The second kappa shape index (κ2) is 9.33. The first-order valence-corrected chi connectivity index (χ1v) is 12.0. The summed E-state index contributed by atoms with van der Waals surface area (Å²) < 4.78 is 18.1. The summed E-state index contributed by atoms with van der Waals surface area (Å²) in [6, 6.07) is 15.1. The van der Waals surface area contributed by atoms with Gasteiger partial charge in [0.1, 0.15) is 17.3 Å². The highest BCUT2D eigenvalue weighted by Gasteiger charge is 2.22. The fourth-order valence-electron chi connectivity index (χ4n) is 3.79. The van der Waals surface area contributed by atoms with Crippen LogP contribution in [0.5, 0.6) is 17.2 Å². The highest BCUT2D eigenvalue weighted by Crippen LogP contribution is 2.39. The molecular weight excluding hydrogens is 521 g/mol. The number of pyridine rings is 1. The number of hydrogen-bond acceptors (Lipinski definition) is 6.